The molecule has 1 atom stereocenters. The molecule has 2 N–H and O–H groups in total. The summed E-state index contributed by atoms with van der Waals surface area (Å²) >= 11 is 0. The molecule has 0 aliphatic rings. The maximum atomic E-state index is 13.1. The second-order valence-corrected chi connectivity index (χ2v) is 5.48. The van der Waals surface area contributed by atoms with Gasteiger partial charge in [0.2, 0.25) is 5.91 Å². The molecule has 0 spiro atoms. The summed E-state index contributed by atoms with van der Waals surface area (Å²) < 4.78 is 18.4. The molecule has 0 saturated carbocycles. The fourth-order valence-electron chi connectivity index (χ4n) is 2.32. The predicted octanol–water partition coefficient (Wildman–Crippen LogP) is 1.70. The number of carbonyl (C=O) groups is 2. The number of benzene rings is 1. The largest absolute Gasteiger partial charge is 0.454 e. The smallest absolute Gasteiger partial charge is 0.286 e. The van der Waals surface area contributed by atoms with E-state index < -0.39 is 6.04 Å². The molecule has 0 fully saturated rings. The Kier molecular flexibility index (Phi) is 5.70. The van der Waals surface area contributed by atoms with Gasteiger partial charge in [0.1, 0.15) is 17.6 Å². The van der Waals surface area contributed by atoms with E-state index in [4.69, 9.17) is 4.42 Å². The highest BCUT2D eigenvalue weighted by molar-refractivity contribution is 5.91. The summed E-state index contributed by atoms with van der Waals surface area (Å²) in [6.07, 6.45) is 0. The zero-order chi connectivity index (χ0) is 17.7. The van der Waals surface area contributed by atoms with Crippen LogP contribution in [0.2, 0.25) is 0 Å². The molecule has 2 rings (SSSR count). The highest BCUT2D eigenvalue weighted by Gasteiger charge is 2.23. The summed E-state index contributed by atoms with van der Waals surface area (Å²) in [4.78, 5) is 25.7. The summed E-state index contributed by atoms with van der Waals surface area (Å²) in [6.45, 7) is 0.154. The molecule has 0 radical (unpaired) electrons. The van der Waals surface area contributed by atoms with Crippen LogP contribution in [-0.4, -0.2) is 37.9 Å². The van der Waals surface area contributed by atoms with Gasteiger partial charge in [0.05, 0.1) is 6.54 Å². The molecular formula is C17H20FN3O3. The normalized spacial score (nSPS) is 12.0. The van der Waals surface area contributed by atoms with Crippen molar-refractivity contribution in [3.8, 4) is 0 Å². The van der Waals surface area contributed by atoms with Crippen LogP contribution >= 0.6 is 0 Å². The van der Waals surface area contributed by atoms with E-state index in [-0.39, 0.29) is 29.9 Å². The van der Waals surface area contributed by atoms with Crippen LogP contribution in [0.15, 0.2) is 40.8 Å². The molecule has 0 bridgehead atoms. The van der Waals surface area contributed by atoms with E-state index in [2.05, 4.69) is 10.6 Å². The summed E-state index contributed by atoms with van der Waals surface area (Å²) in [7, 11) is 5.05. The Morgan fingerprint density at radius 2 is 1.83 bits per heavy atom. The van der Waals surface area contributed by atoms with Crippen LogP contribution in [0.5, 0.6) is 0 Å². The van der Waals surface area contributed by atoms with Crippen molar-refractivity contribution in [3.63, 3.8) is 0 Å². The molecule has 24 heavy (non-hydrogen) atoms. The molecular weight excluding hydrogens is 313 g/mol. The number of hydrogen-bond acceptors (Lipinski definition) is 4. The number of likely N-dealkylation sites (N-methyl/N-ethyl adjacent to an activating group) is 1. The molecule has 1 aromatic carbocycles. The maximum absolute atomic E-state index is 13.1. The van der Waals surface area contributed by atoms with Gasteiger partial charge in [-0.3, -0.25) is 14.5 Å². The van der Waals surface area contributed by atoms with Gasteiger partial charge >= 0.3 is 0 Å². The van der Waals surface area contributed by atoms with E-state index in [1.165, 1.54) is 19.2 Å². The average molecular weight is 333 g/mol. The van der Waals surface area contributed by atoms with Crippen molar-refractivity contribution < 1.29 is 18.4 Å². The third-order valence-electron chi connectivity index (χ3n) is 3.50. The maximum Gasteiger partial charge on any atom is 0.286 e. The quantitative estimate of drug-likeness (QED) is 0.844. The first-order valence-corrected chi connectivity index (χ1v) is 7.42. The topological polar surface area (TPSA) is 74.6 Å². The van der Waals surface area contributed by atoms with Crippen LogP contribution in [0.1, 0.15) is 27.9 Å². The van der Waals surface area contributed by atoms with Crippen molar-refractivity contribution in [1.29, 1.82) is 0 Å². The Bertz CT molecular complexity index is 710. The molecule has 1 aromatic heterocycles. The van der Waals surface area contributed by atoms with Gasteiger partial charge in [-0.15, -0.1) is 0 Å². The van der Waals surface area contributed by atoms with Gasteiger partial charge in [0, 0.05) is 7.05 Å². The second kappa shape index (κ2) is 7.74. The number of nitrogens with zero attached hydrogens (tertiary/aromatic N) is 1. The van der Waals surface area contributed by atoms with Gasteiger partial charge < -0.3 is 15.1 Å². The molecule has 0 saturated heterocycles. The highest BCUT2D eigenvalue weighted by Crippen LogP contribution is 2.19. The van der Waals surface area contributed by atoms with Crippen molar-refractivity contribution in [2.45, 2.75) is 12.6 Å². The van der Waals surface area contributed by atoms with Crippen LogP contribution < -0.4 is 10.6 Å². The van der Waals surface area contributed by atoms with Gasteiger partial charge in [-0.2, -0.15) is 0 Å². The fourth-order valence-corrected chi connectivity index (χ4v) is 2.32. The average Bonchev–Trinajstić information content (AvgIpc) is 3.03. The van der Waals surface area contributed by atoms with Gasteiger partial charge in [-0.25, -0.2) is 4.39 Å². The van der Waals surface area contributed by atoms with E-state index in [0.717, 1.165) is 0 Å². The number of hydrogen-bond donors (Lipinski definition) is 2. The lowest BCUT2D eigenvalue weighted by Gasteiger charge is -2.23. The summed E-state index contributed by atoms with van der Waals surface area (Å²) in [5.74, 6) is -0.272. The Balaban J connectivity index is 2.04. The number of nitrogens with one attached hydrogen (secondary N) is 2. The van der Waals surface area contributed by atoms with Crippen LogP contribution in [0, 0.1) is 5.82 Å². The minimum Gasteiger partial charge on any atom is -0.454 e. The zero-order valence-corrected chi connectivity index (χ0v) is 13.8. The van der Waals surface area contributed by atoms with Gasteiger partial charge in [-0.1, -0.05) is 12.1 Å². The lowest BCUT2D eigenvalue weighted by molar-refractivity contribution is -0.126. The lowest BCUT2D eigenvalue weighted by atomic mass is 10.1. The molecule has 2 amide bonds. The van der Waals surface area contributed by atoms with E-state index in [1.54, 1.807) is 43.3 Å². The molecule has 1 heterocycles. The van der Waals surface area contributed by atoms with Crippen LogP contribution in [0.25, 0.3) is 0 Å². The van der Waals surface area contributed by atoms with Crippen molar-refractivity contribution in [2.24, 2.45) is 0 Å². The molecule has 0 unspecified atom stereocenters. The number of furan rings is 1. The second-order valence-electron chi connectivity index (χ2n) is 5.48. The molecule has 6 nitrogen and oxygen atoms in total. The third kappa shape index (κ3) is 4.20. The number of rotatable bonds is 6. The summed E-state index contributed by atoms with van der Waals surface area (Å²) in [5, 5.41) is 5.23. The number of halogens is 1. The predicted molar refractivity (Wildman–Crippen MR) is 86.8 cm³/mol. The van der Waals surface area contributed by atoms with E-state index in [0.29, 0.717) is 11.3 Å². The Morgan fingerprint density at radius 3 is 2.42 bits per heavy atom. The fraction of sp³-hybridized carbons (Fsp3) is 0.294. The van der Waals surface area contributed by atoms with Crippen LogP contribution in [0.4, 0.5) is 4.39 Å². The van der Waals surface area contributed by atoms with Crippen molar-refractivity contribution in [3.05, 3.63) is 59.3 Å². The Hall–Kier alpha value is -2.67. The lowest BCUT2D eigenvalue weighted by Crippen LogP contribution is -2.36. The molecule has 0 aliphatic heterocycles. The van der Waals surface area contributed by atoms with Crippen molar-refractivity contribution in [1.82, 2.24) is 15.5 Å². The molecule has 7 heteroatoms. The van der Waals surface area contributed by atoms with E-state index >= 15 is 0 Å². The first-order valence-electron chi connectivity index (χ1n) is 7.42. The third-order valence-corrected chi connectivity index (χ3v) is 3.50. The number of carbonyl (C=O) groups excluding carboxylic acids is 2. The minimum atomic E-state index is -0.557. The molecule has 128 valence electrons. The Labute approximate surface area is 139 Å². The van der Waals surface area contributed by atoms with Crippen molar-refractivity contribution in [2.75, 3.05) is 21.1 Å². The van der Waals surface area contributed by atoms with E-state index in [9.17, 15) is 14.0 Å². The van der Waals surface area contributed by atoms with Crippen molar-refractivity contribution >= 4 is 11.8 Å². The zero-order valence-electron chi connectivity index (χ0n) is 13.8. The van der Waals surface area contributed by atoms with Crippen LogP contribution in [0.3, 0.4) is 0 Å². The first-order chi connectivity index (χ1) is 11.4. The highest BCUT2D eigenvalue weighted by atomic mass is 19.1. The van der Waals surface area contributed by atoms with Gasteiger partial charge in [0.25, 0.3) is 5.91 Å². The van der Waals surface area contributed by atoms with Gasteiger partial charge in [-0.05, 0) is 43.9 Å². The van der Waals surface area contributed by atoms with Crippen LogP contribution in [-0.2, 0) is 11.3 Å². The van der Waals surface area contributed by atoms with Gasteiger partial charge in [0.15, 0.2) is 5.76 Å². The standard InChI is InChI=1S/C17H20FN3O3/c1-19-16(22)14-9-8-13(24-14)10-20-17(23)15(21(2)3)11-4-6-12(18)7-5-11/h4-9,15H,10H2,1-3H3,(H,19,22)(H,20,23)/t15-/m1/s1. The monoisotopic (exact) mass is 333 g/mol. The molecule has 2 aromatic rings. The first kappa shape index (κ1) is 17.7. The SMILES string of the molecule is CNC(=O)c1ccc(CNC(=O)[C@@H](c2ccc(F)cc2)N(C)C)o1. The number of amides is 2. The summed E-state index contributed by atoms with van der Waals surface area (Å²) in [6, 6.07) is 8.42. The molecule has 0 aliphatic carbocycles. The summed E-state index contributed by atoms with van der Waals surface area (Å²) in [5.41, 5.74) is 0.685. The minimum absolute atomic E-state index is 0.154. The van der Waals surface area contributed by atoms with E-state index in [1.807, 2.05) is 0 Å². The Morgan fingerprint density at radius 1 is 1.17 bits per heavy atom.